The predicted molar refractivity (Wildman–Crippen MR) is 187 cm³/mol. The largest absolute Gasteiger partial charge is 0.390 e. The van der Waals surface area contributed by atoms with E-state index < -0.39 is 40.2 Å². The third kappa shape index (κ3) is 9.41. The van der Waals surface area contributed by atoms with Gasteiger partial charge in [0.1, 0.15) is 6.04 Å². The zero-order chi connectivity index (χ0) is 35.2. The fourth-order valence-electron chi connectivity index (χ4n) is 5.99. The quantitative estimate of drug-likeness (QED) is 0.203. The molecule has 1 aliphatic heterocycles. The lowest BCUT2D eigenvalue weighted by Gasteiger charge is -2.34. The lowest BCUT2D eigenvalue weighted by molar-refractivity contribution is -0.128. The Morgan fingerprint density at radius 1 is 1.00 bits per heavy atom. The molecular weight excluding hydrogens is 651 g/mol. The van der Waals surface area contributed by atoms with Crippen molar-refractivity contribution >= 4 is 33.3 Å². The van der Waals surface area contributed by atoms with Gasteiger partial charge >= 0.3 is 6.03 Å². The molecule has 2 aromatic carbocycles. The van der Waals surface area contributed by atoms with Crippen molar-refractivity contribution in [2.75, 3.05) is 26.2 Å². The van der Waals surface area contributed by atoms with Gasteiger partial charge in [0.25, 0.3) is 0 Å². The Morgan fingerprint density at radius 3 is 2.23 bits per heavy atom. The second kappa shape index (κ2) is 16.4. The summed E-state index contributed by atoms with van der Waals surface area (Å²) in [5.74, 6) is -0.683. The van der Waals surface area contributed by atoms with E-state index in [1.807, 2.05) is 70.3 Å². The average molecular weight is 700 g/mol. The van der Waals surface area contributed by atoms with Crippen molar-refractivity contribution in [1.82, 2.24) is 24.4 Å². The number of carbonyl (C=O) groups is 2. The molecule has 13 heteroatoms. The number of carbonyl (C=O) groups excluding carboxylic acids is 2. The number of hydrogen-bond acceptors (Lipinski definition) is 8. The number of benzene rings is 2. The SMILES string of the molecule is Cc1nc(CN2CCN([C@H](C(=O)N[C@@H](Cc3ccccc3)[C@H](O)CN(CC(C)C)S(=O)(=O)c3ccc(C(C)O)cc3)C(C)C)C2=O)cs1. The maximum absolute atomic E-state index is 14.1. The topological polar surface area (TPSA) is 143 Å². The molecular formula is C35H49N5O6S2. The van der Waals surface area contributed by atoms with Crippen molar-refractivity contribution in [2.24, 2.45) is 11.8 Å². The van der Waals surface area contributed by atoms with Crippen LogP contribution < -0.4 is 5.32 Å². The summed E-state index contributed by atoms with van der Waals surface area (Å²) in [4.78, 5) is 35.4. The van der Waals surface area contributed by atoms with Crippen LogP contribution in [-0.2, 0) is 27.8 Å². The Kier molecular flexibility index (Phi) is 12.8. The molecule has 1 saturated heterocycles. The van der Waals surface area contributed by atoms with E-state index >= 15 is 0 Å². The molecule has 0 saturated carbocycles. The van der Waals surface area contributed by atoms with Gasteiger partial charge in [-0.3, -0.25) is 4.79 Å². The standard InChI is InChI=1S/C35H49N5O6S2/c1-23(2)19-39(48(45,46)30-14-12-28(13-15-30)25(5)41)21-32(42)31(18-27-10-8-7-9-11-27)37-34(43)33(24(3)4)40-17-16-38(35(40)44)20-29-22-47-26(6)36-29/h7-15,22-25,31-33,41-42H,16-21H2,1-6H3,(H,37,43)/t25?,31-,32+,33-/m0/s1. The molecule has 1 aromatic heterocycles. The first-order valence-electron chi connectivity index (χ1n) is 16.4. The first-order valence-corrected chi connectivity index (χ1v) is 18.8. The normalized spacial score (nSPS) is 16.5. The van der Waals surface area contributed by atoms with E-state index in [-0.39, 0.29) is 42.3 Å². The van der Waals surface area contributed by atoms with Gasteiger partial charge in [0.05, 0.1) is 40.4 Å². The van der Waals surface area contributed by atoms with E-state index in [1.54, 1.807) is 28.9 Å². The van der Waals surface area contributed by atoms with Gasteiger partial charge < -0.3 is 25.3 Å². The van der Waals surface area contributed by atoms with E-state index in [9.17, 15) is 28.2 Å². The summed E-state index contributed by atoms with van der Waals surface area (Å²) in [6.07, 6.45) is -1.76. The summed E-state index contributed by atoms with van der Waals surface area (Å²) < 4.78 is 29.0. The number of aryl methyl sites for hydroxylation is 1. The highest BCUT2D eigenvalue weighted by Gasteiger charge is 2.40. The Bertz CT molecular complexity index is 1610. The number of nitrogens with zero attached hydrogens (tertiary/aromatic N) is 4. The second-order valence-electron chi connectivity index (χ2n) is 13.3. The maximum Gasteiger partial charge on any atom is 0.321 e. The number of thiazole rings is 1. The van der Waals surface area contributed by atoms with E-state index in [0.717, 1.165) is 16.3 Å². The van der Waals surface area contributed by atoms with E-state index in [0.29, 0.717) is 25.2 Å². The highest BCUT2D eigenvalue weighted by Crippen LogP contribution is 2.24. The van der Waals surface area contributed by atoms with E-state index in [1.165, 1.54) is 27.8 Å². The Hall–Kier alpha value is -3.36. The summed E-state index contributed by atoms with van der Waals surface area (Å²) in [7, 11) is -4.03. The van der Waals surface area contributed by atoms with Gasteiger partial charge in [-0.15, -0.1) is 11.3 Å². The second-order valence-corrected chi connectivity index (χ2v) is 16.3. The molecule has 0 aliphatic carbocycles. The smallest absolute Gasteiger partial charge is 0.321 e. The number of hydrogen-bond donors (Lipinski definition) is 3. The van der Waals surface area contributed by atoms with Crippen molar-refractivity contribution in [2.45, 2.75) is 83.7 Å². The maximum atomic E-state index is 14.1. The van der Waals surface area contributed by atoms with Crippen LogP contribution in [0.15, 0.2) is 64.9 Å². The number of rotatable bonds is 16. The van der Waals surface area contributed by atoms with Crippen LogP contribution in [0.5, 0.6) is 0 Å². The minimum atomic E-state index is -4.03. The summed E-state index contributed by atoms with van der Waals surface area (Å²) in [6, 6.07) is 13.6. The molecule has 11 nitrogen and oxygen atoms in total. The first kappa shape index (κ1) is 37.5. The van der Waals surface area contributed by atoms with Gasteiger partial charge in [-0.25, -0.2) is 18.2 Å². The average Bonchev–Trinajstić information content (AvgIpc) is 3.61. The van der Waals surface area contributed by atoms with Crippen molar-refractivity contribution < 1.29 is 28.2 Å². The Labute approximate surface area is 288 Å². The van der Waals surface area contributed by atoms with E-state index in [4.69, 9.17) is 0 Å². The molecule has 3 aromatic rings. The molecule has 1 unspecified atom stereocenters. The number of aliphatic hydroxyl groups excluding tert-OH is 2. The van der Waals surface area contributed by atoms with Crippen LogP contribution in [0.2, 0.25) is 0 Å². The van der Waals surface area contributed by atoms with Crippen LogP contribution in [0.3, 0.4) is 0 Å². The molecule has 0 spiro atoms. The highest BCUT2D eigenvalue weighted by molar-refractivity contribution is 7.89. The molecule has 3 N–H and O–H groups in total. The van der Waals surface area contributed by atoms with Gasteiger partial charge in [-0.2, -0.15) is 4.31 Å². The van der Waals surface area contributed by atoms with Crippen molar-refractivity contribution in [3.8, 4) is 0 Å². The van der Waals surface area contributed by atoms with E-state index in [2.05, 4.69) is 10.3 Å². The molecule has 0 radical (unpaired) electrons. The Balaban J connectivity index is 1.57. The molecule has 4 rings (SSSR count). The van der Waals surface area contributed by atoms with Crippen LogP contribution in [-0.4, -0.2) is 94.0 Å². The minimum absolute atomic E-state index is 0.0477. The summed E-state index contributed by atoms with van der Waals surface area (Å²) >= 11 is 1.52. The first-order chi connectivity index (χ1) is 22.7. The monoisotopic (exact) mass is 699 g/mol. The molecule has 1 aliphatic rings. The van der Waals surface area contributed by atoms with Gasteiger partial charge in [0, 0.05) is 31.6 Å². The number of sulfonamides is 1. The highest BCUT2D eigenvalue weighted by atomic mass is 32.2. The summed E-state index contributed by atoms with van der Waals surface area (Å²) in [5, 5.41) is 27.5. The molecule has 3 amide bonds. The molecule has 48 heavy (non-hydrogen) atoms. The molecule has 0 bridgehead atoms. The van der Waals surface area contributed by atoms with Crippen LogP contribution in [0.25, 0.3) is 0 Å². The van der Waals surface area contributed by atoms with Crippen LogP contribution >= 0.6 is 11.3 Å². The van der Waals surface area contributed by atoms with Gasteiger partial charge in [-0.1, -0.05) is 70.2 Å². The van der Waals surface area contributed by atoms with Crippen LogP contribution in [0.4, 0.5) is 4.79 Å². The third-order valence-corrected chi connectivity index (χ3v) is 11.1. The predicted octanol–water partition coefficient (Wildman–Crippen LogP) is 4.20. The lowest BCUT2D eigenvalue weighted by Crippen LogP contribution is -2.57. The number of nitrogens with one attached hydrogen (secondary N) is 1. The fraction of sp³-hybridized carbons (Fsp3) is 0.514. The third-order valence-electron chi connectivity index (χ3n) is 8.43. The molecule has 262 valence electrons. The number of amides is 3. The number of aliphatic hydroxyl groups is 2. The van der Waals surface area contributed by atoms with Gasteiger partial charge in [0.15, 0.2) is 0 Å². The summed E-state index contributed by atoms with van der Waals surface area (Å²) in [6.45, 7) is 12.2. The summed E-state index contributed by atoms with van der Waals surface area (Å²) in [5.41, 5.74) is 2.26. The zero-order valence-corrected chi connectivity index (χ0v) is 30.2. The lowest BCUT2D eigenvalue weighted by atomic mass is 9.97. The number of aromatic nitrogens is 1. The van der Waals surface area contributed by atoms with Gasteiger partial charge in [0.2, 0.25) is 15.9 Å². The van der Waals surface area contributed by atoms with Crippen LogP contribution in [0.1, 0.15) is 62.6 Å². The fourth-order valence-corrected chi connectivity index (χ4v) is 8.21. The molecule has 1 fully saturated rings. The van der Waals surface area contributed by atoms with Crippen LogP contribution in [0, 0.1) is 18.8 Å². The van der Waals surface area contributed by atoms with Gasteiger partial charge in [-0.05, 0) is 55.4 Å². The number of urea groups is 1. The van der Waals surface area contributed by atoms with Crippen molar-refractivity contribution in [3.05, 3.63) is 81.8 Å². The van der Waals surface area contributed by atoms with Crippen molar-refractivity contribution in [3.63, 3.8) is 0 Å². The molecule has 2 heterocycles. The molecule has 4 atom stereocenters. The zero-order valence-electron chi connectivity index (χ0n) is 28.6. The van der Waals surface area contributed by atoms with Crippen molar-refractivity contribution in [1.29, 1.82) is 0 Å². The minimum Gasteiger partial charge on any atom is -0.390 e. The Morgan fingerprint density at radius 2 is 1.67 bits per heavy atom.